The van der Waals surface area contributed by atoms with Gasteiger partial charge in [-0.1, -0.05) is 75.1 Å². The van der Waals surface area contributed by atoms with Crippen molar-refractivity contribution in [1.29, 1.82) is 0 Å². The Bertz CT molecular complexity index is 2500. The van der Waals surface area contributed by atoms with Crippen molar-refractivity contribution in [3.05, 3.63) is 165 Å². The lowest BCUT2D eigenvalue weighted by Gasteiger charge is -2.13. The van der Waals surface area contributed by atoms with Crippen LogP contribution >= 0.6 is 35.5 Å². The molecule has 0 aliphatic rings. The van der Waals surface area contributed by atoms with Gasteiger partial charge >= 0.3 is 11.9 Å². The van der Waals surface area contributed by atoms with E-state index in [0.717, 1.165) is 11.1 Å². The van der Waals surface area contributed by atoms with Crippen molar-refractivity contribution in [3.8, 4) is 34.1 Å². The van der Waals surface area contributed by atoms with Crippen molar-refractivity contribution < 1.29 is 47.5 Å². The molecule has 0 heterocycles. The summed E-state index contributed by atoms with van der Waals surface area (Å²) in [4.78, 5) is 55.7. The van der Waals surface area contributed by atoms with Gasteiger partial charge in [-0.3, -0.25) is 9.59 Å². The normalized spacial score (nSPS) is 10.7. The Labute approximate surface area is 340 Å². The number of carbonyl (C=O) groups is 4. The number of hydrogen-bond acceptors (Lipinski definition) is 9. The fourth-order valence-electron chi connectivity index (χ4n) is 5.33. The molecule has 0 fully saturated rings. The lowest BCUT2D eigenvalue weighted by molar-refractivity contribution is -0.0833. The molecule has 0 saturated heterocycles. The maximum Gasteiger partial charge on any atom is 0.336 e. The molecule has 0 saturated carbocycles. The molecule has 0 radical (unpaired) electrons. The molecule has 6 aromatic rings. The number of carboxylic acids is 2. The van der Waals surface area contributed by atoms with Crippen molar-refractivity contribution in [3.63, 3.8) is 0 Å². The zero-order valence-corrected chi connectivity index (χ0v) is 32.2. The predicted octanol–water partition coefficient (Wildman–Crippen LogP) is 10.9. The van der Waals surface area contributed by atoms with Gasteiger partial charge < -0.3 is 34.7 Å². The van der Waals surface area contributed by atoms with Crippen LogP contribution in [0.4, 0.5) is 11.4 Å². The SMILES string of the molecule is Cc1ccc(OOSOc2ccc(C(=O)Nc3ccc(-c4ccc(NC(=O)c5ccc(Oc6ccc(C)cc6)cc5C(=O)O)c(Cl)c4)cc3Cl)c(C(=O)O)c2)cc1. The van der Waals surface area contributed by atoms with Gasteiger partial charge in [0, 0.05) is 0 Å². The smallest absolute Gasteiger partial charge is 0.336 e. The molecule has 0 spiro atoms. The van der Waals surface area contributed by atoms with E-state index in [1.165, 1.54) is 36.4 Å². The van der Waals surface area contributed by atoms with Crippen LogP contribution in [0.2, 0.25) is 10.0 Å². The largest absolute Gasteiger partial charge is 0.478 e. The summed E-state index contributed by atoms with van der Waals surface area (Å²) in [5.74, 6) is -2.83. The Morgan fingerprint density at radius 2 is 0.965 bits per heavy atom. The van der Waals surface area contributed by atoms with E-state index in [1.54, 1.807) is 60.7 Å². The third-order valence-electron chi connectivity index (χ3n) is 8.27. The Balaban J connectivity index is 1.09. The quantitative estimate of drug-likeness (QED) is 0.0357. The molecule has 15 heteroatoms. The van der Waals surface area contributed by atoms with Crippen molar-refractivity contribution >= 4 is 70.7 Å². The first-order valence-corrected chi connectivity index (χ1v) is 18.2. The molecular weight excluding hydrogens is 795 g/mol. The Kier molecular flexibility index (Phi) is 12.7. The molecular formula is C42H30Cl2N2O10S. The number of halogens is 2. The monoisotopic (exact) mass is 824 g/mol. The maximum absolute atomic E-state index is 13.2. The molecule has 6 aromatic carbocycles. The highest BCUT2D eigenvalue weighted by molar-refractivity contribution is 7.90. The predicted molar refractivity (Wildman–Crippen MR) is 217 cm³/mol. The number of anilines is 2. The second-order valence-corrected chi connectivity index (χ2v) is 13.6. The number of aryl methyl sites for hydroxylation is 2. The molecule has 0 unspecified atom stereocenters. The van der Waals surface area contributed by atoms with Gasteiger partial charge in [0.05, 0.1) is 43.7 Å². The topological polar surface area (TPSA) is 170 Å². The number of carbonyl (C=O) groups excluding carboxylic acids is 2. The third kappa shape index (κ3) is 10.2. The van der Waals surface area contributed by atoms with Crippen LogP contribution in [0.1, 0.15) is 52.6 Å². The van der Waals surface area contributed by atoms with Crippen molar-refractivity contribution in [2.75, 3.05) is 10.6 Å². The number of ether oxygens (including phenoxy) is 1. The van der Waals surface area contributed by atoms with Gasteiger partial charge in [0.1, 0.15) is 17.2 Å². The van der Waals surface area contributed by atoms with E-state index in [4.69, 9.17) is 41.3 Å². The number of benzene rings is 6. The summed E-state index contributed by atoms with van der Waals surface area (Å²) in [7, 11) is 0. The first-order valence-electron chi connectivity index (χ1n) is 16.8. The van der Waals surface area contributed by atoms with Crippen LogP contribution < -0.4 is 24.4 Å². The number of nitrogens with one attached hydrogen (secondary N) is 2. The highest BCUT2D eigenvalue weighted by Gasteiger charge is 2.21. The molecule has 57 heavy (non-hydrogen) atoms. The van der Waals surface area contributed by atoms with Gasteiger partial charge in [-0.25, -0.2) is 9.59 Å². The molecule has 0 atom stereocenters. The standard InChI is InChI=1S/C42H30Cl2N2O10S/c1-23-3-9-27(10-4-23)53-29-13-15-31(33(21-29)41(49)50)39(47)45-37-17-7-25(19-35(37)43)26-8-18-38(36(44)20-26)46-40(48)32-16-14-30(22-34(32)42(51)52)55-57-56-54-28-11-5-24(2)6-12-28/h3-22H,1-2H3,(H,45,47)(H,46,48)(H,49,50)(H,51,52). The second kappa shape index (κ2) is 18.0. The highest BCUT2D eigenvalue weighted by atomic mass is 35.5. The van der Waals surface area contributed by atoms with E-state index in [9.17, 15) is 29.4 Å². The third-order valence-corrected chi connectivity index (χ3v) is 9.28. The summed E-state index contributed by atoms with van der Waals surface area (Å²) in [5.41, 5.74) is 2.88. The van der Waals surface area contributed by atoms with Gasteiger partial charge in [0.2, 0.25) is 0 Å². The van der Waals surface area contributed by atoms with Gasteiger partial charge in [0.25, 0.3) is 24.1 Å². The van der Waals surface area contributed by atoms with Crippen molar-refractivity contribution in [2.45, 2.75) is 13.8 Å². The van der Waals surface area contributed by atoms with Crippen LogP contribution in [0.15, 0.2) is 121 Å². The van der Waals surface area contributed by atoms with Crippen LogP contribution in [0.5, 0.6) is 23.0 Å². The fraction of sp³-hybridized carbons (Fsp3) is 0.0476. The van der Waals surface area contributed by atoms with Gasteiger partial charge in [-0.05, 0) is 110 Å². The fourth-order valence-corrected chi connectivity index (χ4v) is 6.10. The van der Waals surface area contributed by atoms with E-state index in [1.807, 2.05) is 38.1 Å². The van der Waals surface area contributed by atoms with Crippen molar-refractivity contribution in [1.82, 2.24) is 0 Å². The number of rotatable bonds is 14. The van der Waals surface area contributed by atoms with E-state index in [-0.39, 0.29) is 55.2 Å². The molecule has 0 aliphatic carbocycles. The minimum atomic E-state index is -1.37. The van der Waals surface area contributed by atoms with E-state index >= 15 is 0 Å². The number of carboxylic acid groups (broad SMARTS) is 2. The first kappa shape index (κ1) is 40.2. The average molecular weight is 826 g/mol. The minimum absolute atomic E-state index is 0.0939. The molecule has 12 nitrogen and oxygen atoms in total. The molecule has 0 aromatic heterocycles. The lowest BCUT2D eigenvalue weighted by Crippen LogP contribution is -2.17. The summed E-state index contributed by atoms with van der Waals surface area (Å²) in [6, 6.07) is 31.9. The van der Waals surface area contributed by atoms with E-state index in [0.29, 0.717) is 34.9 Å². The van der Waals surface area contributed by atoms with E-state index in [2.05, 4.69) is 10.6 Å². The molecule has 0 bridgehead atoms. The second-order valence-electron chi connectivity index (χ2n) is 12.4. The number of amides is 2. The average Bonchev–Trinajstić information content (AvgIpc) is 3.19. The molecule has 2 amide bonds. The molecule has 6 rings (SSSR count). The van der Waals surface area contributed by atoms with Crippen LogP contribution in [-0.4, -0.2) is 34.0 Å². The zero-order valence-electron chi connectivity index (χ0n) is 29.9. The Hall–Kier alpha value is -6.51. The molecule has 0 aliphatic heterocycles. The minimum Gasteiger partial charge on any atom is -0.478 e. The lowest BCUT2D eigenvalue weighted by atomic mass is 10.0. The van der Waals surface area contributed by atoms with E-state index < -0.39 is 23.8 Å². The summed E-state index contributed by atoms with van der Waals surface area (Å²) in [6.45, 7) is 3.86. The van der Waals surface area contributed by atoms with Crippen LogP contribution in [0, 0.1) is 13.8 Å². The number of hydrogen-bond donors (Lipinski definition) is 4. The van der Waals surface area contributed by atoms with Crippen LogP contribution in [-0.2, 0) is 4.33 Å². The molecule has 288 valence electrons. The first-order chi connectivity index (χ1) is 27.3. The summed E-state index contributed by atoms with van der Waals surface area (Å²) < 4.78 is 16.1. The Morgan fingerprint density at radius 1 is 0.526 bits per heavy atom. The summed E-state index contributed by atoms with van der Waals surface area (Å²) in [6.07, 6.45) is 0. The summed E-state index contributed by atoms with van der Waals surface area (Å²) in [5, 5.41) is 25.3. The van der Waals surface area contributed by atoms with Crippen molar-refractivity contribution in [2.24, 2.45) is 0 Å². The van der Waals surface area contributed by atoms with Gasteiger partial charge in [-0.15, -0.1) is 0 Å². The number of aromatic carboxylic acids is 2. The Morgan fingerprint density at radius 3 is 1.44 bits per heavy atom. The maximum atomic E-state index is 13.2. The summed E-state index contributed by atoms with van der Waals surface area (Å²) >= 11 is 13.6. The highest BCUT2D eigenvalue weighted by Crippen LogP contribution is 2.34. The van der Waals surface area contributed by atoms with Crippen LogP contribution in [0.25, 0.3) is 11.1 Å². The van der Waals surface area contributed by atoms with Gasteiger partial charge in [-0.2, -0.15) is 0 Å². The van der Waals surface area contributed by atoms with Crippen LogP contribution in [0.3, 0.4) is 0 Å². The van der Waals surface area contributed by atoms with Gasteiger partial charge in [0.15, 0.2) is 5.75 Å². The zero-order chi connectivity index (χ0) is 40.6. The molecule has 4 N–H and O–H groups in total.